The van der Waals surface area contributed by atoms with Crippen LogP contribution < -0.4 is 14.8 Å². The third-order valence-electron chi connectivity index (χ3n) is 6.25. The molecule has 31 heavy (non-hydrogen) atoms. The molecule has 2 heterocycles. The molecule has 0 saturated carbocycles. The van der Waals surface area contributed by atoms with Crippen molar-refractivity contribution in [2.75, 3.05) is 45.2 Å². The lowest BCUT2D eigenvalue weighted by molar-refractivity contribution is -0.121. The highest BCUT2D eigenvalue weighted by Gasteiger charge is 2.27. The number of rotatable bonds is 7. The summed E-state index contributed by atoms with van der Waals surface area (Å²) in [5.41, 5.74) is 2.10. The Labute approximate surface area is 185 Å². The number of piperidine rings is 1. The van der Waals surface area contributed by atoms with Crippen LogP contribution in [0.5, 0.6) is 11.5 Å². The third-order valence-corrected chi connectivity index (χ3v) is 6.25. The molecule has 0 spiro atoms. The zero-order valence-corrected chi connectivity index (χ0v) is 18.5. The van der Waals surface area contributed by atoms with Crippen LogP contribution in [0.1, 0.15) is 25.3 Å². The van der Waals surface area contributed by atoms with E-state index in [-0.39, 0.29) is 11.9 Å². The zero-order valence-electron chi connectivity index (χ0n) is 18.5. The SMILES string of the molecule is CC(C(=O)Nc1ccc2c(c1)OCCO2)N1CCC(CN(C)Cc2ccccc2)CC1. The highest BCUT2D eigenvalue weighted by atomic mass is 16.6. The molecule has 6 heteroatoms. The molecule has 1 saturated heterocycles. The normalized spacial score (nSPS) is 18.0. The van der Waals surface area contributed by atoms with Crippen LogP contribution in [0.25, 0.3) is 0 Å². The van der Waals surface area contributed by atoms with Gasteiger partial charge in [-0.2, -0.15) is 0 Å². The van der Waals surface area contributed by atoms with E-state index in [1.807, 2.05) is 25.1 Å². The number of hydrogen-bond acceptors (Lipinski definition) is 5. The van der Waals surface area contributed by atoms with Crippen LogP contribution in [-0.2, 0) is 11.3 Å². The first-order valence-electron chi connectivity index (χ1n) is 11.3. The number of nitrogens with one attached hydrogen (secondary N) is 1. The monoisotopic (exact) mass is 423 g/mol. The number of carbonyl (C=O) groups is 1. The largest absolute Gasteiger partial charge is 0.486 e. The predicted molar refractivity (Wildman–Crippen MR) is 123 cm³/mol. The number of nitrogens with zero attached hydrogens (tertiary/aromatic N) is 2. The molecular weight excluding hydrogens is 390 g/mol. The zero-order chi connectivity index (χ0) is 21.6. The van der Waals surface area contributed by atoms with Gasteiger partial charge in [0.25, 0.3) is 0 Å². The van der Waals surface area contributed by atoms with Gasteiger partial charge in [-0.1, -0.05) is 30.3 Å². The van der Waals surface area contributed by atoms with Gasteiger partial charge in [-0.25, -0.2) is 0 Å². The van der Waals surface area contributed by atoms with Crippen LogP contribution in [-0.4, -0.2) is 61.6 Å². The number of ether oxygens (including phenoxy) is 2. The fraction of sp³-hybridized carbons (Fsp3) is 0.480. The fourth-order valence-corrected chi connectivity index (χ4v) is 4.46. The highest BCUT2D eigenvalue weighted by molar-refractivity contribution is 5.94. The van der Waals surface area contributed by atoms with Crippen molar-refractivity contribution >= 4 is 11.6 Å². The molecule has 2 aliphatic heterocycles. The van der Waals surface area contributed by atoms with Gasteiger partial charge in [0.1, 0.15) is 13.2 Å². The summed E-state index contributed by atoms with van der Waals surface area (Å²) in [5.74, 6) is 2.13. The van der Waals surface area contributed by atoms with Gasteiger partial charge in [0.05, 0.1) is 6.04 Å². The second-order valence-corrected chi connectivity index (χ2v) is 8.69. The van der Waals surface area contributed by atoms with Gasteiger partial charge >= 0.3 is 0 Å². The molecule has 0 bridgehead atoms. The number of likely N-dealkylation sites (tertiary alicyclic amines) is 1. The van der Waals surface area contributed by atoms with Crippen LogP contribution in [0, 0.1) is 5.92 Å². The molecule has 166 valence electrons. The summed E-state index contributed by atoms with van der Waals surface area (Å²) in [4.78, 5) is 17.5. The van der Waals surface area contributed by atoms with E-state index in [2.05, 4.69) is 52.5 Å². The molecule has 1 atom stereocenters. The van der Waals surface area contributed by atoms with Crippen molar-refractivity contribution in [3.63, 3.8) is 0 Å². The Kier molecular flexibility index (Phi) is 7.10. The lowest BCUT2D eigenvalue weighted by Gasteiger charge is -2.36. The van der Waals surface area contributed by atoms with E-state index >= 15 is 0 Å². The van der Waals surface area contributed by atoms with Crippen LogP contribution >= 0.6 is 0 Å². The Hall–Kier alpha value is -2.57. The van der Waals surface area contributed by atoms with Crippen LogP contribution in [0.2, 0.25) is 0 Å². The van der Waals surface area contributed by atoms with Crippen molar-refractivity contribution in [2.45, 2.75) is 32.4 Å². The Bertz CT molecular complexity index is 866. The van der Waals surface area contributed by atoms with E-state index in [0.717, 1.165) is 50.5 Å². The van der Waals surface area contributed by atoms with Gasteiger partial charge in [-0.3, -0.25) is 9.69 Å². The molecule has 1 N–H and O–H groups in total. The molecule has 0 aliphatic carbocycles. The topological polar surface area (TPSA) is 54.0 Å². The average molecular weight is 424 g/mol. The maximum absolute atomic E-state index is 12.8. The lowest BCUT2D eigenvalue weighted by Crippen LogP contribution is -2.47. The summed E-state index contributed by atoms with van der Waals surface area (Å²) in [7, 11) is 2.20. The average Bonchev–Trinajstić information content (AvgIpc) is 2.79. The molecule has 2 aromatic rings. The molecular formula is C25H33N3O3. The van der Waals surface area contributed by atoms with Crippen molar-refractivity contribution in [1.29, 1.82) is 0 Å². The minimum absolute atomic E-state index is 0.0244. The quantitative estimate of drug-likeness (QED) is 0.737. The highest BCUT2D eigenvalue weighted by Crippen LogP contribution is 2.32. The van der Waals surface area contributed by atoms with E-state index < -0.39 is 0 Å². The number of fused-ring (bicyclic) bond motifs is 1. The van der Waals surface area contributed by atoms with Crippen molar-refractivity contribution in [3.8, 4) is 11.5 Å². The molecule has 6 nitrogen and oxygen atoms in total. The maximum Gasteiger partial charge on any atom is 0.241 e. The van der Waals surface area contributed by atoms with Gasteiger partial charge in [0, 0.05) is 24.8 Å². The molecule has 4 rings (SSSR count). The van der Waals surface area contributed by atoms with E-state index in [4.69, 9.17) is 9.47 Å². The summed E-state index contributed by atoms with van der Waals surface area (Å²) >= 11 is 0. The van der Waals surface area contributed by atoms with E-state index in [9.17, 15) is 4.79 Å². The second kappa shape index (κ2) is 10.2. The number of benzene rings is 2. The van der Waals surface area contributed by atoms with Gasteiger partial charge in [0.15, 0.2) is 11.5 Å². The maximum atomic E-state index is 12.8. The smallest absolute Gasteiger partial charge is 0.241 e. The number of carbonyl (C=O) groups excluding carboxylic acids is 1. The van der Waals surface area contributed by atoms with Crippen molar-refractivity contribution in [2.24, 2.45) is 5.92 Å². The third kappa shape index (κ3) is 5.77. The van der Waals surface area contributed by atoms with Gasteiger partial charge in [0.2, 0.25) is 5.91 Å². The molecule has 1 unspecified atom stereocenters. The van der Waals surface area contributed by atoms with Gasteiger partial charge < -0.3 is 19.7 Å². The van der Waals surface area contributed by atoms with Gasteiger partial charge in [-0.15, -0.1) is 0 Å². The molecule has 0 radical (unpaired) electrons. The predicted octanol–water partition coefficient (Wildman–Crippen LogP) is 3.63. The van der Waals surface area contributed by atoms with Crippen LogP contribution in [0.4, 0.5) is 5.69 Å². The first-order valence-corrected chi connectivity index (χ1v) is 11.3. The van der Waals surface area contributed by atoms with Gasteiger partial charge in [-0.05, 0) is 63.5 Å². The van der Waals surface area contributed by atoms with Crippen molar-refractivity contribution < 1.29 is 14.3 Å². The summed E-state index contributed by atoms with van der Waals surface area (Å²) < 4.78 is 11.2. The van der Waals surface area contributed by atoms with Crippen LogP contribution in [0.3, 0.4) is 0 Å². The summed E-state index contributed by atoms with van der Waals surface area (Å²) in [6.45, 7) is 7.09. The molecule has 2 aliphatic rings. The first-order chi connectivity index (χ1) is 15.1. The first kappa shape index (κ1) is 21.7. The fourth-order valence-electron chi connectivity index (χ4n) is 4.46. The standard InChI is InChI=1S/C25H33N3O3/c1-19(25(29)26-22-8-9-23-24(16-22)31-15-14-30-23)28-12-10-21(11-13-28)18-27(2)17-20-6-4-3-5-7-20/h3-9,16,19,21H,10-15,17-18H2,1-2H3,(H,26,29). The van der Waals surface area contributed by atoms with Crippen molar-refractivity contribution in [3.05, 3.63) is 54.1 Å². The van der Waals surface area contributed by atoms with Crippen LogP contribution in [0.15, 0.2) is 48.5 Å². The Morgan fingerprint density at radius 3 is 2.55 bits per heavy atom. The molecule has 1 amide bonds. The summed E-state index contributed by atoms with van der Waals surface area (Å²) in [6, 6.07) is 16.0. The molecule has 1 fully saturated rings. The number of amides is 1. The van der Waals surface area contributed by atoms with E-state index in [0.29, 0.717) is 24.9 Å². The number of anilines is 1. The van der Waals surface area contributed by atoms with Crippen molar-refractivity contribution in [1.82, 2.24) is 9.80 Å². The molecule has 2 aromatic carbocycles. The minimum Gasteiger partial charge on any atom is -0.486 e. The number of hydrogen-bond donors (Lipinski definition) is 1. The van der Waals surface area contributed by atoms with E-state index in [1.165, 1.54) is 5.56 Å². The Morgan fingerprint density at radius 2 is 1.81 bits per heavy atom. The molecule has 0 aromatic heterocycles. The van der Waals surface area contributed by atoms with E-state index in [1.54, 1.807) is 0 Å². The lowest BCUT2D eigenvalue weighted by atomic mass is 9.95. The minimum atomic E-state index is -0.156. The second-order valence-electron chi connectivity index (χ2n) is 8.69. The summed E-state index contributed by atoms with van der Waals surface area (Å²) in [5, 5.41) is 3.04. The Morgan fingerprint density at radius 1 is 1.10 bits per heavy atom. The Balaban J connectivity index is 1.23. The summed E-state index contributed by atoms with van der Waals surface area (Å²) in [6.07, 6.45) is 2.25.